The van der Waals surface area contributed by atoms with Gasteiger partial charge in [0, 0.05) is 65.1 Å². The molecule has 3 aromatic carbocycles. The zero-order valence-corrected chi connectivity index (χ0v) is 33.9. The molecule has 5 nitrogen and oxygen atoms in total. The standard InChI is InChI=1S/C29H24NO2.C15H28O2.Ir/c1-16-17(2)31-25-15-23-21-10-11-30-27(28(21)32-26(23)14-22(16)25)19-12-18-8-6-7-9-20(18)24(13-19)29(3,4)5;1-7-14(5,8-2)12(16)11-13(17)15(6,9-3)10-4;/h6-11,13-15H,1-5H3;11,16H,7-10H2,1-6H3;/q-1;;/b;12-11-;. The van der Waals surface area contributed by atoms with Crippen molar-refractivity contribution in [3.05, 3.63) is 89.5 Å². The summed E-state index contributed by atoms with van der Waals surface area (Å²) in [6.07, 6.45) is 6.61. The van der Waals surface area contributed by atoms with Gasteiger partial charge in [0.1, 0.15) is 28.3 Å². The van der Waals surface area contributed by atoms with Gasteiger partial charge in [-0.1, -0.05) is 91.5 Å². The van der Waals surface area contributed by atoms with Gasteiger partial charge in [-0.2, -0.15) is 0 Å². The fourth-order valence-electron chi connectivity index (χ4n) is 6.39. The number of hydrogen-bond donors (Lipinski definition) is 1. The van der Waals surface area contributed by atoms with Crippen LogP contribution in [0.4, 0.5) is 0 Å². The molecule has 0 aliphatic heterocycles. The van der Waals surface area contributed by atoms with E-state index in [-0.39, 0.29) is 47.9 Å². The van der Waals surface area contributed by atoms with E-state index in [0.717, 1.165) is 86.6 Å². The summed E-state index contributed by atoms with van der Waals surface area (Å²) in [7, 11) is 0. The molecule has 3 aromatic heterocycles. The van der Waals surface area contributed by atoms with Gasteiger partial charge >= 0.3 is 0 Å². The molecule has 3 heterocycles. The van der Waals surface area contributed by atoms with Crippen LogP contribution >= 0.6 is 0 Å². The van der Waals surface area contributed by atoms with E-state index in [2.05, 4.69) is 76.2 Å². The molecule has 267 valence electrons. The molecule has 0 saturated carbocycles. The zero-order chi connectivity index (χ0) is 35.9. The molecule has 0 amide bonds. The number of rotatable bonds is 8. The molecular formula is C44H52IrNO4-. The van der Waals surface area contributed by atoms with Gasteiger partial charge in [0.2, 0.25) is 0 Å². The van der Waals surface area contributed by atoms with E-state index in [9.17, 15) is 9.90 Å². The van der Waals surface area contributed by atoms with E-state index >= 15 is 0 Å². The summed E-state index contributed by atoms with van der Waals surface area (Å²) in [5.41, 5.74) is 6.12. The molecule has 6 heteroatoms. The Bertz CT molecular complexity index is 2190. The van der Waals surface area contributed by atoms with Gasteiger partial charge in [-0.15, -0.1) is 29.1 Å². The van der Waals surface area contributed by atoms with Crippen LogP contribution in [0, 0.1) is 30.7 Å². The molecule has 0 aliphatic carbocycles. The number of aliphatic hydroxyl groups is 1. The summed E-state index contributed by atoms with van der Waals surface area (Å²) in [5, 5.41) is 15.6. The molecule has 1 N–H and O–H groups in total. The number of carbonyl (C=O) groups excluding carboxylic acids is 1. The average molecular weight is 851 g/mol. The first kappa shape index (κ1) is 39.1. The molecule has 6 aromatic rings. The third kappa shape index (κ3) is 7.20. The van der Waals surface area contributed by atoms with Crippen LogP contribution in [-0.2, 0) is 30.3 Å². The fraction of sp³-hybridized carbons (Fsp3) is 0.409. The molecule has 0 unspecified atom stereocenters. The predicted molar refractivity (Wildman–Crippen MR) is 204 cm³/mol. The van der Waals surface area contributed by atoms with Gasteiger partial charge in [0.25, 0.3) is 0 Å². The number of hydrogen-bond acceptors (Lipinski definition) is 5. The Morgan fingerprint density at radius 2 is 1.40 bits per heavy atom. The number of allylic oxidation sites excluding steroid dienone is 2. The minimum Gasteiger partial charge on any atom is -0.512 e. The third-order valence-corrected chi connectivity index (χ3v) is 11.1. The summed E-state index contributed by atoms with van der Waals surface area (Å²) < 4.78 is 12.4. The maximum atomic E-state index is 12.2. The fourth-order valence-corrected chi connectivity index (χ4v) is 6.39. The minimum atomic E-state index is -0.337. The molecule has 0 aliphatic rings. The molecule has 6 rings (SSSR count). The van der Waals surface area contributed by atoms with Crippen molar-refractivity contribution in [1.82, 2.24) is 4.98 Å². The molecule has 0 atom stereocenters. The van der Waals surface area contributed by atoms with Crippen LogP contribution in [0.5, 0.6) is 0 Å². The van der Waals surface area contributed by atoms with Crippen LogP contribution in [0.1, 0.15) is 105 Å². The van der Waals surface area contributed by atoms with Gasteiger partial charge < -0.3 is 13.9 Å². The second-order valence-corrected chi connectivity index (χ2v) is 15.1. The summed E-state index contributed by atoms with van der Waals surface area (Å²) >= 11 is 0. The van der Waals surface area contributed by atoms with E-state index in [1.165, 1.54) is 17.0 Å². The average Bonchev–Trinajstić information content (AvgIpc) is 3.60. The maximum absolute atomic E-state index is 12.2. The molecule has 0 bridgehead atoms. The smallest absolute Gasteiger partial charge is 0.164 e. The number of aliphatic hydroxyl groups excluding tert-OH is 1. The second kappa shape index (κ2) is 14.9. The summed E-state index contributed by atoms with van der Waals surface area (Å²) in [6, 6.07) is 20.4. The number of fused-ring (bicyclic) bond motifs is 5. The normalized spacial score (nSPS) is 12.7. The topological polar surface area (TPSA) is 76.5 Å². The van der Waals surface area contributed by atoms with Gasteiger partial charge in [-0.3, -0.25) is 9.78 Å². The zero-order valence-electron chi connectivity index (χ0n) is 31.6. The van der Waals surface area contributed by atoms with Gasteiger partial charge in [-0.25, -0.2) is 0 Å². The number of aryl methyl sites for hydroxylation is 2. The van der Waals surface area contributed by atoms with Gasteiger partial charge in [-0.05, 0) is 68.7 Å². The number of nitrogens with zero attached hydrogens (tertiary/aromatic N) is 1. The molecule has 0 spiro atoms. The van der Waals surface area contributed by atoms with E-state index in [4.69, 9.17) is 13.8 Å². The van der Waals surface area contributed by atoms with Crippen LogP contribution in [0.2, 0.25) is 0 Å². The Hall–Kier alpha value is -3.73. The Morgan fingerprint density at radius 3 is 2.02 bits per heavy atom. The Morgan fingerprint density at radius 1 is 0.800 bits per heavy atom. The van der Waals surface area contributed by atoms with Crippen LogP contribution in [-0.4, -0.2) is 15.9 Å². The quantitative estimate of drug-likeness (QED) is 0.0938. The minimum absolute atomic E-state index is 0. The molecular weight excluding hydrogens is 799 g/mol. The van der Waals surface area contributed by atoms with Crippen molar-refractivity contribution in [1.29, 1.82) is 0 Å². The van der Waals surface area contributed by atoms with Crippen molar-refractivity contribution < 1.29 is 38.8 Å². The third-order valence-electron chi connectivity index (χ3n) is 11.1. The largest absolute Gasteiger partial charge is 0.512 e. The number of pyridine rings is 1. The van der Waals surface area contributed by atoms with Crippen molar-refractivity contribution in [3.63, 3.8) is 0 Å². The molecule has 0 saturated heterocycles. The van der Waals surface area contributed by atoms with Crippen molar-refractivity contribution >= 4 is 49.5 Å². The predicted octanol–water partition coefficient (Wildman–Crippen LogP) is 12.9. The summed E-state index contributed by atoms with van der Waals surface area (Å²) in [6.45, 7) is 22.9. The SMILES string of the molecule is CCC(C)(CC)C(=O)/C=C(\O)C(C)(CC)CC.Cc1oc2cc3c(cc2c1C)oc1c(-c2[c-]c4ccccc4c(C(C)(C)C)c2)nccc13.[Ir]. The summed E-state index contributed by atoms with van der Waals surface area (Å²) in [4.78, 5) is 16.9. The monoisotopic (exact) mass is 851 g/mol. The van der Waals surface area contributed by atoms with Gasteiger partial charge in [0.05, 0.1) is 0 Å². The van der Waals surface area contributed by atoms with Gasteiger partial charge in [0.15, 0.2) is 5.78 Å². The number of ketones is 1. The first-order valence-electron chi connectivity index (χ1n) is 17.7. The molecule has 1 radical (unpaired) electrons. The van der Waals surface area contributed by atoms with Crippen molar-refractivity contribution in [2.24, 2.45) is 10.8 Å². The van der Waals surface area contributed by atoms with E-state index < -0.39 is 0 Å². The Balaban J connectivity index is 0.000000269. The van der Waals surface area contributed by atoms with Crippen LogP contribution < -0.4 is 0 Å². The van der Waals surface area contributed by atoms with E-state index in [0.29, 0.717) is 0 Å². The number of benzene rings is 3. The Labute approximate surface area is 310 Å². The van der Waals surface area contributed by atoms with Crippen molar-refractivity contribution in [3.8, 4) is 11.3 Å². The number of aromatic nitrogens is 1. The molecule has 50 heavy (non-hydrogen) atoms. The molecule has 0 fully saturated rings. The first-order valence-corrected chi connectivity index (χ1v) is 17.7. The van der Waals surface area contributed by atoms with Crippen LogP contribution in [0.25, 0.3) is 54.9 Å². The summed E-state index contributed by atoms with van der Waals surface area (Å²) in [5.74, 6) is 1.23. The van der Waals surface area contributed by atoms with E-state index in [1.54, 1.807) is 0 Å². The second-order valence-electron chi connectivity index (χ2n) is 15.1. The van der Waals surface area contributed by atoms with E-state index in [1.807, 2.05) is 60.7 Å². The van der Waals surface area contributed by atoms with Crippen molar-refractivity contribution in [2.45, 2.75) is 107 Å². The van der Waals surface area contributed by atoms with Crippen LogP contribution in [0.15, 0.2) is 75.4 Å². The Kier molecular flexibility index (Phi) is 11.6. The van der Waals surface area contributed by atoms with Crippen molar-refractivity contribution in [2.75, 3.05) is 0 Å². The maximum Gasteiger partial charge on any atom is 0.164 e. The first-order chi connectivity index (χ1) is 23.1. The number of furan rings is 2. The van der Waals surface area contributed by atoms with Crippen LogP contribution in [0.3, 0.4) is 0 Å². The number of carbonyl (C=O) groups is 1.